The maximum atomic E-state index is 12.7. The first-order valence-corrected chi connectivity index (χ1v) is 9.25. The highest BCUT2D eigenvalue weighted by Crippen LogP contribution is 2.15. The molecule has 0 aliphatic carbocycles. The van der Waals surface area contributed by atoms with Crippen LogP contribution in [0.25, 0.3) is 0 Å². The number of ether oxygens (including phenoxy) is 1. The molecule has 1 amide bonds. The topological polar surface area (TPSA) is 50.4 Å². The number of hydrogen-bond donors (Lipinski definition) is 2. The Hall–Kier alpha value is -1.99. The van der Waals surface area contributed by atoms with Gasteiger partial charge in [-0.25, -0.2) is 0 Å². The molecule has 1 rings (SSSR count). The van der Waals surface area contributed by atoms with Gasteiger partial charge in [-0.05, 0) is 72.1 Å². The molecular formula is C22H34N2O2. The minimum Gasteiger partial charge on any atom is -0.494 e. The van der Waals surface area contributed by atoms with Crippen LogP contribution in [0.3, 0.4) is 0 Å². The van der Waals surface area contributed by atoms with Crippen molar-refractivity contribution in [3.8, 4) is 18.1 Å². The minimum absolute atomic E-state index is 0.0158. The van der Waals surface area contributed by atoms with E-state index in [1.165, 1.54) is 0 Å². The van der Waals surface area contributed by atoms with Crippen LogP contribution in [-0.4, -0.2) is 29.6 Å². The van der Waals surface area contributed by atoms with Crippen molar-refractivity contribution in [1.82, 2.24) is 10.6 Å². The Balaban J connectivity index is 2.74. The SMILES string of the molecule is C#CCCCOc1ccc(C[C@H](NC(C)(C)C)C(=O)NC(C)(C)C)cc1. The summed E-state index contributed by atoms with van der Waals surface area (Å²) in [5.74, 6) is 3.45. The van der Waals surface area contributed by atoms with Crippen LogP contribution in [0, 0.1) is 12.3 Å². The molecule has 0 heterocycles. The van der Waals surface area contributed by atoms with E-state index in [1.807, 2.05) is 45.0 Å². The zero-order valence-corrected chi connectivity index (χ0v) is 17.1. The Bertz CT molecular complexity index is 601. The highest BCUT2D eigenvalue weighted by atomic mass is 16.5. The largest absolute Gasteiger partial charge is 0.494 e. The number of rotatable bonds is 8. The molecule has 0 saturated heterocycles. The van der Waals surface area contributed by atoms with Gasteiger partial charge in [0.2, 0.25) is 5.91 Å². The zero-order valence-electron chi connectivity index (χ0n) is 17.1. The average molecular weight is 359 g/mol. The molecule has 1 atom stereocenters. The molecule has 4 heteroatoms. The third-order valence-electron chi connectivity index (χ3n) is 3.52. The Kier molecular flexibility index (Phi) is 8.17. The number of benzene rings is 1. The molecule has 0 bridgehead atoms. The van der Waals surface area contributed by atoms with Gasteiger partial charge in [0, 0.05) is 17.5 Å². The molecule has 0 spiro atoms. The predicted octanol–water partition coefficient (Wildman–Crippen LogP) is 3.69. The van der Waals surface area contributed by atoms with Crippen molar-refractivity contribution in [2.24, 2.45) is 0 Å². The monoisotopic (exact) mass is 358 g/mol. The van der Waals surface area contributed by atoms with Crippen LogP contribution >= 0.6 is 0 Å². The zero-order chi connectivity index (χ0) is 19.8. The highest BCUT2D eigenvalue weighted by molar-refractivity contribution is 5.82. The van der Waals surface area contributed by atoms with Gasteiger partial charge in [0.25, 0.3) is 0 Å². The predicted molar refractivity (Wildman–Crippen MR) is 108 cm³/mol. The Morgan fingerprint density at radius 2 is 1.73 bits per heavy atom. The van der Waals surface area contributed by atoms with E-state index in [-0.39, 0.29) is 23.0 Å². The molecule has 0 fully saturated rings. The van der Waals surface area contributed by atoms with E-state index in [4.69, 9.17) is 11.2 Å². The van der Waals surface area contributed by atoms with Crippen molar-refractivity contribution in [2.45, 2.75) is 77.9 Å². The summed E-state index contributed by atoms with van der Waals surface area (Å²) in [5.41, 5.74) is 0.678. The number of carbonyl (C=O) groups excluding carboxylic acids is 1. The molecule has 1 aromatic carbocycles. The van der Waals surface area contributed by atoms with Gasteiger partial charge in [-0.2, -0.15) is 0 Å². The van der Waals surface area contributed by atoms with Gasteiger partial charge in [-0.1, -0.05) is 12.1 Å². The molecule has 0 aliphatic rings. The minimum atomic E-state index is -0.295. The lowest BCUT2D eigenvalue weighted by Crippen LogP contribution is -2.56. The lowest BCUT2D eigenvalue weighted by molar-refractivity contribution is -0.125. The number of terminal acetylenes is 1. The summed E-state index contributed by atoms with van der Waals surface area (Å²) in [6, 6.07) is 7.62. The fourth-order valence-electron chi connectivity index (χ4n) is 2.51. The number of carbonyl (C=O) groups is 1. The molecule has 26 heavy (non-hydrogen) atoms. The van der Waals surface area contributed by atoms with Crippen molar-refractivity contribution in [2.75, 3.05) is 6.61 Å². The molecule has 2 N–H and O–H groups in total. The molecule has 0 aliphatic heterocycles. The first-order chi connectivity index (χ1) is 12.0. The standard InChI is InChI=1S/C22H34N2O2/c1-8-9-10-15-26-18-13-11-17(12-14-18)16-19(23-21(2,3)4)20(25)24-22(5,6)7/h1,11-14,19,23H,9-10,15-16H2,2-7H3,(H,24,25)/t19-/m0/s1. The van der Waals surface area contributed by atoms with Crippen LogP contribution in [0.4, 0.5) is 0 Å². The van der Waals surface area contributed by atoms with Crippen molar-refractivity contribution in [1.29, 1.82) is 0 Å². The van der Waals surface area contributed by atoms with Gasteiger partial charge in [0.15, 0.2) is 0 Å². The summed E-state index contributed by atoms with van der Waals surface area (Å²) in [6.07, 6.45) is 7.43. The number of amides is 1. The van der Waals surface area contributed by atoms with E-state index in [0.717, 1.165) is 24.2 Å². The maximum absolute atomic E-state index is 12.7. The molecule has 0 radical (unpaired) electrons. The van der Waals surface area contributed by atoms with E-state index >= 15 is 0 Å². The van der Waals surface area contributed by atoms with Crippen molar-refractivity contribution in [3.63, 3.8) is 0 Å². The Morgan fingerprint density at radius 1 is 1.12 bits per heavy atom. The van der Waals surface area contributed by atoms with Gasteiger partial charge >= 0.3 is 0 Å². The first-order valence-electron chi connectivity index (χ1n) is 9.25. The fraction of sp³-hybridized carbons (Fsp3) is 0.591. The second-order valence-corrected chi connectivity index (χ2v) is 8.69. The van der Waals surface area contributed by atoms with Gasteiger partial charge in [-0.3, -0.25) is 4.79 Å². The van der Waals surface area contributed by atoms with Crippen LogP contribution in [0.1, 0.15) is 59.9 Å². The van der Waals surface area contributed by atoms with Gasteiger partial charge < -0.3 is 15.4 Å². The lowest BCUT2D eigenvalue weighted by Gasteiger charge is -2.31. The molecule has 1 aromatic rings. The fourth-order valence-corrected chi connectivity index (χ4v) is 2.51. The van der Waals surface area contributed by atoms with Gasteiger partial charge in [0.1, 0.15) is 5.75 Å². The number of nitrogens with one attached hydrogen (secondary N) is 2. The third-order valence-corrected chi connectivity index (χ3v) is 3.52. The molecule has 0 aromatic heterocycles. The van der Waals surface area contributed by atoms with Gasteiger partial charge in [-0.15, -0.1) is 12.3 Å². The molecule has 144 valence electrons. The summed E-state index contributed by atoms with van der Waals surface area (Å²) < 4.78 is 5.67. The highest BCUT2D eigenvalue weighted by Gasteiger charge is 2.26. The second-order valence-electron chi connectivity index (χ2n) is 8.69. The quantitative estimate of drug-likeness (QED) is 0.550. The Morgan fingerprint density at radius 3 is 2.23 bits per heavy atom. The molecular weight excluding hydrogens is 324 g/mol. The third kappa shape index (κ3) is 9.48. The molecule has 0 saturated carbocycles. The van der Waals surface area contributed by atoms with E-state index in [9.17, 15) is 4.79 Å². The van der Waals surface area contributed by atoms with E-state index < -0.39 is 0 Å². The number of unbranched alkanes of at least 4 members (excludes halogenated alkanes) is 1. The van der Waals surface area contributed by atoms with Crippen LogP contribution in [0.15, 0.2) is 24.3 Å². The van der Waals surface area contributed by atoms with E-state index in [1.54, 1.807) is 0 Å². The van der Waals surface area contributed by atoms with Gasteiger partial charge in [0.05, 0.1) is 12.6 Å². The van der Waals surface area contributed by atoms with Crippen molar-refractivity contribution in [3.05, 3.63) is 29.8 Å². The molecule has 4 nitrogen and oxygen atoms in total. The second kappa shape index (κ2) is 9.64. The first kappa shape index (κ1) is 22.1. The lowest BCUT2D eigenvalue weighted by atomic mass is 9.99. The average Bonchev–Trinajstić information content (AvgIpc) is 2.49. The maximum Gasteiger partial charge on any atom is 0.237 e. The summed E-state index contributed by atoms with van der Waals surface area (Å²) in [7, 11) is 0. The van der Waals surface area contributed by atoms with Crippen molar-refractivity contribution < 1.29 is 9.53 Å². The summed E-state index contributed by atoms with van der Waals surface area (Å²) in [5, 5.41) is 6.50. The summed E-state index contributed by atoms with van der Waals surface area (Å²) in [4.78, 5) is 12.7. The van der Waals surface area contributed by atoms with Crippen LogP contribution in [-0.2, 0) is 11.2 Å². The van der Waals surface area contributed by atoms with Crippen molar-refractivity contribution >= 4 is 5.91 Å². The smallest absolute Gasteiger partial charge is 0.237 e. The normalized spacial score (nSPS) is 13.0. The number of hydrogen-bond acceptors (Lipinski definition) is 3. The molecule has 0 unspecified atom stereocenters. The van der Waals surface area contributed by atoms with Crippen LogP contribution in [0.5, 0.6) is 5.75 Å². The van der Waals surface area contributed by atoms with E-state index in [2.05, 4.69) is 37.3 Å². The Labute approximate surface area is 159 Å². The van der Waals surface area contributed by atoms with Crippen LogP contribution in [0.2, 0.25) is 0 Å². The van der Waals surface area contributed by atoms with Crippen LogP contribution < -0.4 is 15.4 Å². The van der Waals surface area contributed by atoms with E-state index in [0.29, 0.717) is 13.0 Å². The summed E-state index contributed by atoms with van der Waals surface area (Å²) >= 11 is 0. The summed E-state index contributed by atoms with van der Waals surface area (Å²) in [6.45, 7) is 12.8.